The molecule has 1 unspecified atom stereocenters. The van der Waals surface area contributed by atoms with Gasteiger partial charge < -0.3 is 20.5 Å². The van der Waals surface area contributed by atoms with Crippen LogP contribution in [0.1, 0.15) is 29.7 Å². The minimum atomic E-state index is -4.33. The number of aliphatic hydroxyl groups excluding tert-OH is 1. The summed E-state index contributed by atoms with van der Waals surface area (Å²) in [7, 11) is 1.58. The molecule has 30 heavy (non-hydrogen) atoms. The van der Waals surface area contributed by atoms with Crippen LogP contribution in [0.25, 0.3) is 0 Å². The van der Waals surface area contributed by atoms with E-state index in [1.807, 2.05) is 6.92 Å². The second-order valence-electron chi connectivity index (χ2n) is 6.38. The first-order chi connectivity index (χ1) is 13.8. The molecule has 0 aliphatic carbocycles. The molecule has 5 nitrogen and oxygen atoms in total. The standard InChI is InChI=1S/C21H26F3N3O2.HI/c1-3-25-20(27-14-19(28)16-6-10-18(29-2)11-7-16)26-13-12-15-4-8-17(9-5-15)21(22,23)24;/h4-11,19,28H,3,12-14H2,1-2H3,(H2,25,26,27);1H. The molecule has 0 spiro atoms. The van der Waals surface area contributed by atoms with Gasteiger partial charge in [-0.05, 0) is 48.7 Å². The van der Waals surface area contributed by atoms with Gasteiger partial charge in [0.05, 0.1) is 25.3 Å². The Morgan fingerprint density at radius 2 is 1.70 bits per heavy atom. The van der Waals surface area contributed by atoms with Crippen molar-refractivity contribution in [2.24, 2.45) is 4.99 Å². The molecule has 0 aliphatic heterocycles. The number of benzene rings is 2. The second kappa shape index (κ2) is 12.6. The zero-order valence-corrected chi connectivity index (χ0v) is 19.2. The topological polar surface area (TPSA) is 65.9 Å². The van der Waals surface area contributed by atoms with Crippen molar-refractivity contribution in [1.82, 2.24) is 10.6 Å². The lowest BCUT2D eigenvalue weighted by Gasteiger charge is -2.14. The van der Waals surface area contributed by atoms with Gasteiger partial charge in [-0.25, -0.2) is 0 Å². The number of nitrogens with one attached hydrogen (secondary N) is 2. The van der Waals surface area contributed by atoms with E-state index in [1.54, 1.807) is 31.4 Å². The van der Waals surface area contributed by atoms with E-state index in [4.69, 9.17) is 4.74 Å². The molecule has 0 aliphatic rings. The molecule has 0 radical (unpaired) electrons. The van der Waals surface area contributed by atoms with E-state index < -0.39 is 17.8 Å². The summed E-state index contributed by atoms with van der Waals surface area (Å²) in [5.41, 5.74) is 0.867. The van der Waals surface area contributed by atoms with Crippen molar-refractivity contribution < 1.29 is 23.0 Å². The molecule has 0 amide bonds. The monoisotopic (exact) mass is 537 g/mol. The van der Waals surface area contributed by atoms with Crippen molar-refractivity contribution in [2.45, 2.75) is 25.6 Å². The fraction of sp³-hybridized carbons (Fsp3) is 0.381. The second-order valence-corrected chi connectivity index (χ2v) is 6.38. The van der Waals surface area contributed by atoms with Crippen LogP contribution < -0.4 is 15.4 Å². The number of aliphatic imine (C=N–C) groups is 1. The number of aliphatic hydroxyl groups is 1. The first kappa shape index (κ1) is 26.0. The summed E-state index contributed by atoms with van der Waals surface area (Å²) in [6.45, 7) is 3.23. The predicted molar refractivity (Wildman–Crippen MR) is 122 cm³/mol. The lowest BCUT2D eigenvalue weighted by molar-refractivity contribution is -0.137. The zero-order valence-electron chi connectivity index (χ0n) is 16.9. The fourth-order valence-corrected chi connectivity index (χ4v) is 2.64. The fourth-order valence-electron chi connectivity index (χ4n) is 2.64. The van der Waals surface area contributed by atoms with Crippen LogP contribution in [0.15, 0.2) is 53.5 Å². The van der Waals surface area contributed by atoms with Gasteiger partial charge in [0.2, 0.25) is 0 Å². The smallest absolute Gasteiger partial charge is 0.416 e. The van der Waals surface area contributed by atoms with Crippen molar-refractivity contribution >= 4 is 29.9 Å². The third-order valence-electron chi connectivity index (χ3n) is 4.25. The number of halogens is 4. The molecular weight excluding hydrogens is 510 g/mol. The zero-order chi connectivity index (χ0) is 21.3. The lowest BCUT2D eigenvalue weighted by atomic mass is 10.1. The molecule has 2 aromatic rings. The molecule has 0 heterocycles. The van der Waals surface area contributed by atoms with Gasteiger partial charge in [0.1, 0.15) is 5.75 Å². The van der Waals surface area contributed by atoms with Gasteiger partial charge in [-0.3, -0.25) is 4.99 Å². The predicted octanol–water partition coefficient (Wildman–Crippen LogP) is 4.16. The van der Waals surface area contributed by atoms with Gasteiger partial charge in [0.15, 0.2) is 5.96 Å². The molecule has 0 saturated carbocycles. The average Bonchev–Trinajstić information content (AvgIpc) is 2.71. The number of alkyl halides is 3. The molecule has 166 valence electrons. The van der Waals surface area contributed by atoms with E-state index in [9.17, 15) is 18.3 Å². The number of rotatable bonds is 8. The maximum atomic E-state index is 12.6. The Labute approximate surface area is 191 Å². The highest BCUT2D eigenvalue weighted by Crippen LogP contribution is 2.29. The number of ether oxygens (including phenoxy) is 1. The van der Waals surface area contributed by atoms with Gasteiger partial charge in [0, 0.05) is 13.1 Å². The van der Waals surface area contributed by atoms with Crippen molar-refractivity contribution in [3.8, 4) is 5.75 Å². The van der Waals surface area contributed by atoms with Crippen molar-refractivity contribution in [3.63, 3.8) is 0 Å². The summed E-state index contributed by atoms with van der Waals surface area (Å²) in [6, 6.07) is 12.2. The van der Waals surface area contributed by atoms with Crippen LogP contribution in [0.4, 0.5) is 13.2 Å². The summed E-state index contributed by atoms with van der Waals surface area (Å²) in [5.74, 6) is 1.25. The average molecular weight is 537 g/mol. The van der Waals surface area contributed by atoms with E-state index in [2.05, 4.69) is 15.6 Å². The van der Waals surface area contributed by atoms with Crippen LogP contribution in [-0.2, 0) is 12.6 Å². The number of methoxy groups -OCH3 is 1. The summed E-state index contributed by atoms with van der Waals surface area (Å²) < 4.78 is 42.9. The third-order valence-corrected chi connectivity index (χ3v) is 4.25. The summed E-state index contributed by atoms with van der Waals surface area (Å²) in [4.78, 5) is 4.37. The van der Waals surface area contributed by atoms with E-state index in [-0.39, 0.29) is 30.5 Å². The molecule has 0 aromatic heterocycles. The van der Waals surface area contributed by atoms with Gasteiger partial charge in [-0.2, -0.15) is 13.2 Å². The maximum Gasteiger partial charge on any atom is 0.416 e. The summed E-state index contributed by atoms with van der Waals surface area (Å²) in [6.07, 6.45) is -4.54. The number of hydrogen-bond donors (Lipinski definition) is 3. The molecule has 0 saturated heterocycles. The number of guanidine groups is 1. The normalized spacial score (nSPS) is 12.7. The highest BCUT2D eigenvalue weighted by atomic mass is 127. The van der Waals surface area contributed by atoms with E-state index >= 15 is 0 Å². The van der Waals surface area contributed by atoms with Crippen LogP contribution in [0.3, 0.4) is 0 Å². The van der Waals surface area contributed by atoms with E-state index in [0.717, 1.165) is 23.3 Å². The first-order valence-electron chi connectivity index (χ1n) is 9.33. The Morgan fingerprint density at radius 3 is 2.23 bits per heavy atom. The van der Waals surface area contributed by atoms with Gasteiger partial charge >= 0.3 is 6.18 Å². The van der Waals surface area contributed by atoms with Crippen molar-refractivity contribution in [3.05, 3.63) is 65.2 Å². The molecule has 0 bridgehead atoms. The maximum absolute atomic E-state index is 12.6. The van der Waals surface area contributed by atoms with Crippen LogP contribution in [0, 0.1) is 0 Å². The quantitative estimate of drug-likeness (QED) is 0.269. The van der Waals surface area contributed by atoms with E-state index in [0.29, 0.717) is 31.2 Å². The summed E-state index contributed by atoms with van der Waals surface area (Å²) >= 11 is 0. The Morgan fingerprint density at radius 1 is 1.07 bits per heavy atom. The highest BCUT2D eigenvalue weighted by Gasteiger charge is 2.29. The highest BCUT2D eigenvalue weighted by molar-refractivity contribution is 14.0. The molecule has 3 N–H and O–H groups in total. The number of hydrogen-bond acceptors (Lipinski definition) is 3. The first-order valence-corrected chi connectivity index (χ1v) is 9.33. The minimum Gasteiger partial charge on any atom is -0.497 e. The Hall–Kier alpha value is -2.01. The van der Waals surface area contributed by atoms with E-state index in [1.165, 1.54) is 12.1 Å². The molecule has 0 fully saturated rings. The van der Waals surface area contributed by atoms with Gasteiger partial charge in [-0.15, -0.1) is 24.0 Å². The SMILES string of the molecule is CCNC(=NCC(O)c1ccc(OC)cc1)NCCc1ccc(C(F)(F)F)cc1.I. The van der Waals surface area contributed by atoms with Gasteiger partial charge in [-0.1, -0.05) is 24.3 Å². The van der Waals surface area contributed by atoms with Crippen LogP contribution >= 0.6 is 24.0 Å². The molecule has 1 atom stereocenters. The Kier molecular flexibility index (Phi) is 11.0. The molecule has 2 aromatic carbocycles. The largest absolute Gasteiger partial charge is 0.497 e. The van der Waals surface area contributed by atoms with Crippen molar-refractivity contribution in [1.29, 1.82) is 0 Å². The van der Waals surface area contributed by atoms with Crippen LogP contribution in [-0.4, -0.2) is 37.8 Å². The Bertz CT molecular complexity index is 782. The number of nitrogens with zero attached hydrogens (tertiary/aromatic N) is 1. The molecule has 9 heteroatoms. The minimum absolute atomic E-state index is 0. The molecule has 2 rings (SSSR count). The van der Waals surface area contributed by atoms with Crippen molar-refractivity contribution in [2.75, 3.05) is 26.7 Å². The van der Waals surface area contributed by atoms with Gasteiger partial charge in [0.25, 0.3) is 0 Å². The van der Waals surface area contributed by atoms with Crippen LogP contribution in [0.5, 0.6) is 5.75 Å². The summed E-state index contributed by atoms with van der Waals surface area (Å²) in [5, 5.41) is 16.5. The van der Waals surface area contributed by atoms with Crippen LogP contribution in [0.2, 0.25) is 0 Å². The molecular formula is C21H27F3IN3O2. The Balaban J connectivity index is 0.00000450. The lowest BCUT2D eigenvalue weighted by Crippen LogP contribution is -2.38. The third kappa shape index (κ3) is 8.39.